The Hall–Kier alpha value is -0.670. The first kappa shape index (κ1) is 6.45. The number of aldehydes is 1. The van der Waals surface area contributed by atoms with E-state index in [2.05, 4.69) is 0 Å². The quantitative estimate of drug-likeness (QED) is 0.441. The van der Waals surface area contributed by atoms with Gasteiger partial charge in [0.05, 0.1) is 0 Å². The third-order valence-electron chi connectivity index (χ3n) is 0.936. The Morgan fingerprint density at radius 2 is 2.44 bits per heavy atom. The number of carbonyl (C=O) groups excluding carboxylic acids is 1. The summed E-state index contributed by atoms with van der Waals surface area (Å²) in [5, 5.41) is 3.17. The van der Waals surface area contributed by atoms with Crippen LogP contribution in [0.5, 0.6) is 0 Å². The van der Waals surface area contributed by atoms with Gasteiger partial charge in [-0.05, 0) is 33.7 Å². The van der Waals surface area contributed by atoms with Gasteiger partial charge in [-0.3, -0.25) is 4.79 Å². The molecule has 1 heterocycles. The van der Waals surface area contributed by atoms with Crippen LogP contribution in [0.4, 0.5) is 0 Å². The minimum atomic E-state index is -0.753. The van der Waals surface area contributed by atoms with E-state index in [9.17, 15) is 4.79 Å². The van der Waals surface area contributed by atoms with Crippen LogP contribution >= 0.6 is 10.8 Å². The molecule has 0 aliphatic carbocycles. The van der Waals surface area contributed by atoms with Gasteiger partial charge < -0.3 is 4.55 Å². The summed E-state index contributed by atoms with van der Waals surface area (Å²) in [5.41, 5.74) is 0.604. The summed E-state index contributed by atoms with van der Waals surface area (Å²) in [4.78, 5) is 10.0. The van der Waals surface area contributed by atoms with Gasteiger partial charge in [0.2, 0.25) is 0 Å². The molecule has 1 aliphatic heterocycles. The third-order valence-corrected chi connectivity index (χ3v) is 1.77. The SMILES string of the molecule is O=CC1=CC=S(O)C=C1. The molecule has 1 unspecified atom stereocenters. The van der Waals surface area contributed by atoms with Gasteiger partial charge in [0.1, 0.15) is 6.29 Å². The van der Waals surface area contributed by atoms with E-state index in [0.717, 1.165) is 6.29 Å². The van der Waals surface area contributed by atoms with Gasteiger partial charge in [-0.1, -0.05) is 0 Å². The summed E-state index contributed by atoms with van der Waals surface area (Å²) in [5.74, 6) is 0. The van der Waals surface area contributed by atoms with Gasteiger partial charge in [0, 0.05) is 5.57 Å². The van der Waals surface area contributed by atoms with E-state index in [1.807, 2.05) is 0 Å². The highest BCUT2D eigenvalue weighted by molar-refractivity contribution is 8.12. The Bertz CT molecular complexity index is 213. The normalized spacial score (nSPS) is 24.6. The van der Waals surface area contributed by atoms with Gasteiger partial charge in [-0.2, -0.15) is 0 Å². The van der Waals surface area contributed by atoms with E-state index in [0.29, 0.717) is 5.57 Å². The maximum Gasteiger partial charge on any atom is 0.150 e. The number of hydrogen-bond acceptors (Lipinski definition) is 2. The summed E-state index contributed by atoms with van der Waals surface area (Å²) in [7, 11) is -0.753. The maximum atomic E-state index is 10.0. The fourth-order valence-corrected chi connectivity index (χ4v) is 1.16. The molecule has 0 amide bonds. The van der Waals surface area contributed by atoms with Crippen molar-refractivity contribution in [2.45, 2.75) is 0 Å². The third kappa shape index (κ3) is 1.62. The van der Waals surface area contributed by atoms with Crippen LogP contribution in [-0.2, 0) is 4.79 Å². The highest BCUT2D eigenvalue weighted by Gasteiger charge is 1.91. The number of rotatable bonds is 1. The Morgan fingerprint density at radius 1 is 1.67 bits per heavy atom. The molecule has 1 aliphatic rings. The molecule has 0 saturated carbocycles. The molecular formula is C6H6O2S. The maximum absolute atomic E-state index is 10.0. The molecule has 0 spiro atoms. The van der Waals surface area contributed by atoms with Crippen molar-refractivity contribution in [3.05, 3.63) is 23.1 Å². The minimum absolute atomic E-state index is 0.604. The zero-order valence-corrected chi connectivity index (χ0v) is 5.47. The summed E-state index contributed by atoms with van der Waals surface area (Å²) >= 11 is 0. The second kappa shape index (κ2) is 2.75. The van der Waals surface area contributed by atoms with E-state index >= 15 is 0 Å². The summed E-state index contributed by atoms with van der Waals surface area (Å²) in [6.45, 7) is 0. The fraction of sp³-hybridized carbons (Fsp3) is 0. The molecule has 2 nitrogen and oxygen atoms in total. The predicted molar refractivity (Wildman–Crippen MR) is 39.6 cm³/mol. The number of carbonyl (C=O) groups is 1. The number of allylic oxidation sites excluding steroid dienone is 3. The lowest BCUT2D eigenvalue weighted by atomic mass is 10.3. The standard InChI is InChI=1S/C6H6O2S/c7-5-6-1-3-9(8)4-2-6/h1-5,8H. The van der Waals surface area contributed by atoms with Crippen LogP contribution in [-0.4, -0.2) is 16.2 Å². The molecule has 48 valence electrons. The largest absolute Gasteiger partial charge is 0.333 e. The summed E-state index contributed by atoms with van der Waals surface area (Å²) < 4.78 is 8.85. The van der Waals surface area contributed by atoms with Crippen molar-refractivity contribution < 1.29 is 9.35 Å². The lowest BCUT2D eigenvalue weighted by Crippen LogP contribution is -1.83. The summed E-state index contributed by atoms with van der Waals surface area (Å²) in [6, 6.07) is 0. The van der Waals surface area contributed by atoms with Crippen LogP contribution < -0.4 is 0 Å². The van der Waals surface area contributed by atoms with Gasteiger partial charge in [-0.15, -0.1) is 0 Å². The van der Waals surface area contributed by atoms with Gasteiger partial charge in [0.25, 0.3) is 0 Å². The molecule has 0 aromatic heterocycles. The first-order chi connectivity index (χ1) is 4.33. The average Bonchev–Trinajstić information content (AvgIpc) is 1.90. The van der Waals surface area contributed by atoms with Crippen LogP contribution in [0.3, 0.4) is 0 Å². The zero-order valence-electron chi connectivity index (χ0n) is 4.65. The summed E-state index contributed by atoms with van der Waals surface area (Å²) in [6.07, 6.45) is 3.97. The molecule has 1 atom stereocenters. The van der Waals surface area contributed by atoms with Crippen LogP contribution in [0.15, 0.2) is 23.1 Å². The van der Waals surface area contributed by atoms with E-state index in [1.165, 1.54) is 0 Å². The Labute approximate surface area is 55.6 Å². The van der Waals surface area contributed by atoms with E-state index in [4.69, 9.17) is 4.55 Å². The van der Waals surface area contributed by atoms with Crippen LogP contribution in [0.1, 0.15) is 0 Å². The van der Waals surface area contributed by atoms with Gasteiger partial charge in [0.15, 0.2) is 0 Å². The zero-order chi connectivity index (χ0) is 6.69. The molecular weight excluding hydrogens is 136 g/mol. The molecule has 9 heavy (non-hydrogen) atoms. The lowest BCUT2D eigenvalue weighted by molar-refractivity contribution is -0.104. The monoisotopic (exact) mass is 142 g/mol. The topological polar surface area (TPSA) is 37.3 Å². The van der Waals surface area contributed by atoms with E-state index in [-0.39, 0.29) is 0 Å². The average molecular weight is 142 g/mol. The molecule has 3 heteroatoms. The molecule has 0 aromatic carbocycles. The lowest BCUT2D eigenvalue weighted by Gasteiger charge is -1.95. The first-order valence-corrected chi connectivity index (χ1v) is 3.73. The molecule has 0 saturated heterocycles. The Kier molecular flexibility index (Phi) is 1.97. The molecule has 0 fully saturated rings. The van der Waals surface area contributed by atoms with Crippen molar-refractivity contribution in [1.29, 1.82) is 0 Å². The van der Waals surface area contributed by atoms with Gasteiger partial charge in [-0.25, -0.2) is 0 Å². The second-order valence-electron chi connectivity index (χ2n) is 1.57. The highest BCUT2D eigenvalue weighted by atomic mass is 32.2. The van der Waals surface area contributed by atoms with Crippen LogP contribution in [0.2, 0.25) is 0 Å². The van der Waals surface area contributed by atoms with E-state index in [1.54, 1.807) is 22.9 Å². The predicted octanol–water partition coefficient (Wildman–Crippen LogP) is 1.18. The van der Waals surface area contributed by atoms with Crippen molar-refractivity contribution in [2.24, 2.45) is 0 Å². The van der Waals surface area contributed by atoms with Crippen LogP contribution in [0, 0.1) is 0 Å². The van der Waals surface area contributed by atoms with E-state index < -0.39 is 10.8 Å². The van der Waals surface area contributed by atoms with Crippen molar-refractivity contribution in [1.82, 2.24) is 0 Å². The second-order valence-corrected chi connectivity index (χ2v) is 2.81. The molecule has 0 bridgehead atoms. The number of hydrogen-bond donors (Lipinski definition) is 1. The molecule has 1 N–H and O–H groups in total. The molecule has 0 radical (unpaired) electrons. The fourth-order valence-electron chi connectivity index (χ4n) is 0.476. The van der Waals surface area contributed by atoms with Crippen molar-refractivity contribution in [3.63, 3.8) is 0 Å². The molecule has 1 rings (SSSR count). The first-order valence-electron chi connectivity index (χ1n) is 2.42. The highest BCUT2D eigenvalue weighted by Crippen LogP contribution is 2.12. The minimum Gasteiger partial charge on any atom is -0.333 e. The van der Waals surface area contributed by atoms with Crippen molar-refractivity contribution in [2.75, 3.05) is 0 Å². The Morgan fingerprint density at radius 3 is 2.89 bits per heavy atom. The van der Waals surface area contributed by atoms with Crippen LogP contribution in [0.25, 0.3) is 0 Å². The smallest absolute Gasteiger partial charge is 0.150 e. The van der Waals surface area contributed by atoms with Gasteiger partial charge >= 0.3 is 0 Å². The van der Waals surface area contributed by atoms with Crippen molar-refractivity contribution >= 4 is 22.4 Å². The molecule has 0 aromatic rings. The Balaban J connectivity index is 2.86. The van der Waals surface area contributed by atoms with Crippen molar-refractivity contribution in [3.8, 4) is 0 Å².